The summed E-state index contributed by atoms with van der Waals surface area (Å²) in [7, 11) is 6.14. The van der Waals surface area contributed by atoms with E-state index in [1.165, 1.54) is 28.4 Å². The maximum atomic E-state index is 13.8. The van der Waals surface area contributed by atoms with Crippen molar-refractivity contribution in [3.8, 4) is 92.0 Å². The first-order valence-electron chi connectivity index (χ1n) is 37.1. The van der Waals surface area contributed by atoms with Gasteiger partial charge in [0.05, 0.1) is 28.4 Å². The number of hydrogen-bond donors (Lipinski definition) is 12. The van der Waals surface area contributed by atoms with E-state index in [0.29, 0.717) is 66.8 Å². The number of hydrogen-bond acceptors (Lipinski definition) is 16. The zero-order valence-corrected chi connectivity index (χ0v) is 63.1. The molecule has 0 atom stereocenters. The van der Waals surface area contributed by atoms with E-state index < -0.39 is 23.7 Å². The third-order valence-corrected chi connectivity index (χ3v) is 22.2. The Morgan fingerprint density at radius 1 is 0.231 bits per heavy atom. The quantitative estimate of drug-likeness (QED) is 0.0338. The molecule has 12 aromatic carbocycles. The lowest BCUT2D eigenvalue weighted by Crippen LogP contribution is -2.16. The van der Waals surface area contributed by atoms with Gasteiger partial charge in [-0.25, -0.2) is 0 Å². The molecule has 0 radical (unpaired) electrons. The number of fused-ring (bicyclic) bond motifs is 12. The zero-order valence-electron chi connectivity index (χ0n) is 63.1. The molecular weight excluding hydrogens is 1360 g/mol. The van der Waals surface area contributed by atoms with E-state index in [0.717, 1.165) is 21.5 Å². The largest absolute Gasteiger partial charge is 0.508 e. The van der Waals surface area contributed by atoms with Gasteiger partial charge >= 0.3 is 0 Å². The maximum Gasteiger partial charge on any atom is 0.126 e. The molecule has 0 aromatic heterocycles. The Morgan fingerprint density at radius 2 is 0.398 bits per heavy atom. The lowest BCUT2D eigenvalue weighted by atomic mass is 9.72. The van der Waals surface area contributed by atoms with E-state index in [9.17, 15) is 61.3 Å². The Kier molecular flexibility index (Phi) is 20.8. The van der Waals surface area contributed by atoms with Gasteiger partial charge in [-0.1, -0.05) is 104 Å². The van der Waals surface area contributed by atoms with Crippen LogP contribution in [0.5, 0.6) is 92.0 Å². The van der Waals surface area contributed by atoms with Crippen LogP contribution in [0.15, 0.2) is 146 Å². The van der Waals surface area contributed by atoms with Gasteiger partial charge in [-0.05, 0) is 190 Å². The fourth-order valence-corrected chi connectivity index (χ4v) is 16.8. The first-order chi connectivity index (χ1) is 51.6. The van der Waals surface area contributed by atoms with E-state index in [-0.39, 0.29) is 211 Å². The summed E-state index contributed by atoms with van der Waals surface area (Å²) in [5.74, 6) is -6.82. The Morgan fingerprint density at radius 3 is 0.556 bits per heavy atom. The highest BCUT2D eigenvalue weighted by Gasteiger charge is 2.40. The van der Waals surface area contributed by atoms with Gasteiger partial charge in [-0.15, -0.1) is 0 Å². The topological polar surface area (TPSA) is 280 Å². The lowest BCUT2D eigenvalue weighted by Gasteiger charge is -2.33. The van der Waals surface area contributed by atoms with Crippen LogP contribution in [0.4, 0.5) is 0 Å². The average Bonchev–Trinajstić information content (AvgIpc) is 0.730. The second-order valence-electron chi connectivity index (χ2n) is 31.0. The Hall–Kier alpha value is -11.5. The molecule has 0 aliphatic heterocycles. The molecule has 1 aliphatic carbocycles. The second-order valence-corrected chi connectivity index (χ2v) is 31.0. The van der Waals surface area contributed by atoms with Crippen LogP contribution in [0.2, 0.25) is 0 Å². The van der Waals surface area contributed by atoms with Gasteiger partial charge in [0.2, 0.25) is 0 Å². The van der Waals surface area contributed by atoms with Gasteiger partial charge in [0.1, 0.15) is 92.0 Å². The summed E-state index contributed by atoms with van der Waals surface area (Å²) in [4.78, 5) is 0. The fourth-order valence-electron chi connectivity index (χ4n) is 16.8. The molecule has 1 aliphatic rings. The van der Waals surface area contributed by atoms with E-state index in [4.69, 9.17) is 18.9 Å². The summed E-state index contributed by atoms with van der Waals surface area (Å²) in [6, 6.07) is 41.8. The zero-order chi connectivity index (χ0) is 77.2. The SMILES string of the molecule is COc1ccc2ccc(O)c(Cc3c(O)c4cc(c3O)C(CC(C)C)c3cc(c(O)c(Cc5c(O)ccc6ccc(OC)cc56)c3O)C(CC(C)C)c3cc(c(O)c(Cc5c(O)ccc6ccc(OC)cc56)c3O)C(CC(C)C)c3cc(c(O)c(Cc5c(O)ccc6ccc(OC)cc56)c3O)C4CC(C)C)c2c1. The third-order valence-electron chi connectivity index (χ3n) is 22.2. The molecule has 12 aromatic rings. The predicted octanol–water partition coefficient (Wildman–Crippen LogP) is 20.2. The molecule has 0 saturated heterocycles. The first kappa shape index (κ1) is 74.7. The minimum Gasteiger partial charge on any atom is -0.508 e. The van der Waals surface area contributed by atoms with Crippen molar-refractivity contribution in [3.05, 3.63) is 235 Å². The minimum absolute atomic E-state index is 0.0122. The molecule has 0 fully saturated rings. The van der Waals surface area contributed by atoms with Crippen molar-refractivity contribution >= 4 is 43.1 Å². The van der Waals surface area contributed by atoms with Gasteiger partial charge in [0.25, 0.3) is 0 Å². The Bertz CT molecular complexity index is 4710. The van der Waals surface area contributed by atoms with Crippen molar-refractivity contribution in [1.29, 1.82) is 0 Å². The van der Waals surface area contributed by atoms with Crippen molar-refractivity contribution < 1.29 is 80.2 Å². The predicted molar refractivity (Wildman–Crippen MR) is 424 cm³/mol. The van der Waals surface area contributed by atoms with Crippen LogP contribution in [0, 0.1) is 23.7 Å². The summed E-state index contributed by atoms with van der Waals surface area (Å²) in [5.41, 5.74) is 3.02. The number of benzene rings is 12. The van der Waals surface area contributed by atoms with Crippen molar-refractivity contribution in [2.45, 2.75) is 130 Å². The van der Waals surface area contributed by atoms with Crippen molar-refractivity contribution in [2.24, 2.45) is 23.7 Å². The van der Waals surface area contributed by atoms with Crippen LogP contribution < -0.4 is 18.9 Å². The van der Waals surface area contributed by atoms with E-state index in [1.807, 2.05) is 79.7 Å². The maximum absolute atomic E-state index is 13.8. The summed E-state index contributed by atoms with van der Waals surface area (Å²) >= 11 is 0. The lowest BCUT2D eigenvalue weighted by molar-refractivity contribution is 0.402. The second kappa shape index (κ2) is 30.0. The summed E-state index contributed by atoms with van der Waals surface area (Å²) in [6.07, 6.45) is -0.363. The molecule has 13 rings (SSSR count). The summed E-state index contributed by atoms with van der Waals surface area (Å²) < 4.78 is 23.0. The van der Waals surface area contributed by atoms with Gasteiger partial charge in [-0.3, -0.25) is 0 Å². The number of methoxy groups -OCH3 is 4. The van der Waals surface area contributed by atoms with Crippen LogP contribution in [-0.4, -0.2) is 89.7 Å². The molecule has 0 heterocycles. The number of phenols is 12. The van der Waals surface area contributed by atoms with Gasteiger partial charge in [0.15, 0.2) is 0 Å². The normalized spacial score (nSPS) is 15.2. The van der Waals surface area contributed by atoms with Crippen molar-refractivity contribution in [1.82, 2.24) is 0 Å². The molecule has 16 heteroatoms. The Labute approximate surface area is 629 Å². The molecule has 0 saturated carbocycles. The third kappa shape index (κ3) is 13.8. The summed E-state index contributed by atoms with van der Waals surface area (Å²) in [6.45, 7) is 16.0. The van der Waals surface area contributed by atoms with Crippen LogP contribution in [0.3, 0.4) is 0 Å². The monoisotopic (exact) mass is 1460 g/mol. The van der Waals surface area contributed by atoms with Gasteiger partial charge in [-0.2, -0.15) is 0 Å². The van der Waals surface area contributed by atoms with Crippen LogP contribution in [-0.2, 0) is 25.7 Å². The van der Waals surface area contributed by atoms with E-state index in [1.54, 1.807) is 121 Å². The summed E-state index contributed by atoms with van der Waals surface area (Å²) in [5, 5.41) is 165. The number of ether oxygens (including phenoxy) is 4. The molecule has 16 nitrogen and oxygen atoms in total. The van der Waals surface area contributed by atoms with Crippen LogP contribution >= 0.6 is 0 Å². The molecule has 0 unspecified atom stereocenters. The van der Waals surface area contributed by atoms with E-state index in [2.05, 4.69) is 0 Å². The molecule has 8 bridgehead atoms. The highest BCUT2D eigenvalue weighted by Crippen LogP contribution is 2.59. The molecule has 12 N–H and O–H groups in total. The minimum atomic E-state index is -1.05. The molecule has 0 spiro atoms. The van der Waals surface area contributed by atoms with E-state index >= 15 is 0 Å². The van der Waals surface area contributed by atoms with Gasteiger partial charge < -0.3 is 80.2 Å². The van der Waals surface area contributed by atoms with Crippen LogP contribution in [0.25, 0.3) is 43.1 Å². The molecule has 560 valence electrons. The fraction of sp³-hybridized carbons (Fsp3) is 0.304. The number of phenolic OH excluding ortho intramolecular Hbond substituents is 12. The highest BCUT2D eigenvalue weighted by atomic mass is 16.5. The van der Waals surface area contributed by atoms with Crippen molar-refractivity contribution in [2.75, 3.05) is 28.4 Å². The number of aromatic hydroxyl groups is 12. The molecule has 0 amide bonds. The molecular formula is C92H96O16. The highest BCUT2D eigenvalue weighted by molar-refractivity contribution is 5.93. The average molecular weight is 1460 g/mol. The first-order valence-corrected chi connectivity index (χ1v) is 37.1. The molecule has 108 heavy (non-hydrogen) atoms. The van der Waals surface area contributed by atoms with Crippen LogP contribution in [0.1, 0.15) is 194 Å². The Balaban J connectivity index is 1.23. The smallest absolute Gasteiger partial charge is 0.126 e. The van der Waals surface area contributed by atoms with Gasteiger partial charge in [0, 0.05) is 138 Å². The standard InChI is InChI=1S/C92H96O16/c1-45(2)29-61-69-41-71(87(99)77(85(69)97)37-65-57-33-53(105-9)21-13-49(57)17-25-81(65)93)62(30-46(3)4)73-43-75(91(103)79(89(73)101)39-67-59-35-55(107-11)23-15-51(59)19-27-83(67)95)64(32-48(7)8)76-44-74(90(102)80(92(76)104)40-68-60-36-56(108-12)24-16-52(60)20-28-84(68)96)63(31-47(5)6)72-42-70(61)86(98)78(88(72)100)38-66-58-34-54(106-10)22-14-50(58)18-26-82(66)94/h13-28,33-36,41-48,61-64,93-104H,29-32,37-40H2,1-12H3. The number of rotatable bonds is 20. The van der Waals surface area contributed by atoms with Crippen molar-refractivity contribution in [3.63, 3.8) is 0 Å².